The summed E-state index contributed by atoms with van der Waals surface area (Å²) in [6, 6.07) is 6.57. The van der Waals surface area contributed by atoms with Crippen LogP contribution in [0.3, 0.4) is 0 Å². The molecule has 0 heterocycles. The molecule has 1 N–H and O–H groups in total. The Morgan fingerprint density at radius 2 is 1.62 bits per heavy atom. The van der Waals surface area contributed by atoms with Crippen LogP contribution >= 0.6 is 0 Å². The van der Waals surface area contributed by atoms with Crippen LogP contribution in [0.2, 0.25) is 0 Å². The summed E-state index contributed by atoms with van der Waals surface area (Å²) in [5, 5.41) is 8.49. The van der Waals surface area contributed by atoms with Crippen LogP contribution in [0.4, 0.5) is 0 Å². The lowest BCUT2D eigenvalue weighted by atomic mass is 10.0. The highest BCUT2D eigenvalue weighted by atomic mass is 16.5. The van der Waals surface area contributed by atoms with E-state index in [0.717, 1.165) is 12.8 Å². The number of carboxylic acid groups (broad SMARTS) is 1. The van der Waals surface area contributed by atoms with Gasteiger partial charge in [-0.1, -0.05) is 31.0 Å². The number of unbranched alkanes of at least 4 members (excludes halogenated alkanes) is 3. The Kier molecular flexibility index (Phi) is 7.15. The Morgan fingerprint density at radius 1 is 1.00 bits per heavy atom. The summed E-state index contributed by atoms with van der Waals surface area (Å²) in [7, 11) is 0. The molecule has 0 aromatic heterocycles. The molecule has 1 rings (SSSR count). The average molecular weight is 292 g/mol. The maximum absolute atomic E-state index is 11.9. The fourth-order valence-corrected chi connectivity index (χ4v) is 1.94. The van der Waals surface area contributed by atoms with E-state index >= 15 is 0 Å². The van der Waals surface area contributed by atoms with Gasteiger partial charge in [0.05, 0.1) is 12.2 Å². The van der Waals surface area contributed by atoms with Crippen LogP contribution in [0, 0.1) is 0 Å². The minimum absolute atomic E-state index is 0.170. The lowest BCUT2D eigenvalue weighted by molar-refractivity contribution is -0.137. The van der Waals surface area contributed by atoms with Crippen LogP contribution in [-0.4, -0.2) is 29.4 Å². The van der Waals surface area contributed by atoms with Crippen LogP contribution in [0.5, 0.6) is 0 Å². The number of Topliss-reactive ketones (excluding diaryl/α,β-unsaturated/α-hetero) is 1. The molecule has 0 atom stereocenters. The molecule has 1 aromatic rings. The molecule has 0 amide bonds. The van der Waals surface area contributed by atoms with E-state index in [-0.39, 0.29) is 24.4 Å². The molecule has 0 saturated heterocycles. The number of rotatable bonds is 9. The summed E-state index contributed by atoms with van der Waals surface area (Å²) in [5.41, 5.74) is 0.653. The predicted octanol–water partition coefficient (Wildman–Crippen LogP) is 3.08. The molecule has 21 heavy (non-hydrogen) atoms. The fourth-order valence-electron chi connectivity index (χ4n) is 1.94. The maximum atomic E-state index is 11.9. The summed E-state index contributed by atoms with van der Waals surface area (Å²) in [5.74, 6) is -1.45. The van der Waals surface area contributed by atoms with Crippen LogP contribution < -0.4 is 0 Å². The third-order valence-corrected chi connectivity index (χ3v) is 3.04. The SMILES string of the molecule is CC(=O)c1ccccc1C(=O)OCCCCCCC(=O)O. The summed E-state index contributed by atoms with van der Waals surface area (Å²) in [6.45, 7) is 1.69. The van der Waals surface area contributed by atoms with Gasteiger partial charge in [-0.2, -0.15) is 0 Å². The average Bonchev–Trinajstić information content (AvgIpc) is 2.45. The highest BCUT2D eigenvalue weighted by Crippen LogP contribution is 2.12. The zero-order chi connectivity index (χ0) is 15.7. The molecule has 5 heteroatoms. The molecule has 0 radical (unpaired) electrons. The maximum Gasteiger partial charge on any atom is 0.338 e. The van der Waals surface area contributed by atoms with Gasteiger partial charge in [0.25, 0.3) is 0 Å². The van der Waals surface area contributed by atoms with Crippen LogP contribution in [0.15, 0.2) is 24.3 Å². The number of aliphatic carboxylic acids is 1. The summed E-state index contributed by atoms with van der Waals surface area (Å²) in [6.07, 6.45) is 3.11. The van der Waals surface area contributed by atoms with Crippen molar-refractivity contribution in [2.45, 2.75) is 39.0 Å². The number of ether oxygens (including phenoxy) is 1. The van der Waals surface area contributed by atoms with Gasteiger partial charge < -0.3 is 9.84 Å². The quantitative estimate of drug-likeness (QED) is 0.430. The van der Waals surface area contributed by atoms with Crippen molar-refractivity contribution < 1.29 is 24.2 Å². The van der Waals surface area contributed by atoms with Gasteiger partial charge in [-0.3, -0.25) is 9.59 Å². The van der Waals surface area contributed by atoms with Gasteiger partial charge in [-0.15, -0.1) is 0 Å². The molecule has 114 valence electrons. The van der Waals surface area contributed by atoms with Crippen molar-refractivity contribution >= 4 is 17.7 Å². The number of esters is 1. The lowest BCUT2D eigenvalue weighted by Gasteiger charge is -2.07. The monoisotopic (exact) mass is 292 g/mol. The number of carbonyl (C=O) groups excluding carboxylic acids is 2. The molecule has 1 aromatic carbocycles. The van der Waals surface area contributed by atoms with Gasteiger partial charge in [0.2, 0.25) is 0 Å². The van der Waals surface area contributed by atoms with E-state index in [4.69, 9.17) is 9.84 Å². The Morgan fingerprint density at radius 3 is 2.24 bits per heavy atom. The first-order valence-electron chi connectivity index (χ1n) is 7.01. The Hall–Kier alpha value is -2.17. The van der Waals surface area contributed by atoms with E-state index in [0.29, 0.717) is 18.4 Å². The first-order chi connectivity index (χ1) is 10.0. The summed E-state index contributed by atoms with van der Waals surface area (Å²) in [4.78, 5) is 33.6. The number of carbonyl (C=O) groups is 3. The number of ketones is 1. The summed E-state index contributed by atoms with van der Waals surface area (Å²) >= 11 is 0. The standard InChI is InChI=1S/C16H20O5/c1-12(17)13-8-5-6-9-14(13)16(20)21-11-7-3-2-4-10-15(18)19/h5-6,8-9H,2-4,7,10-11H2,1H3,(H,18,19). The number of carboxylic acids is 1. The Labute approximate surface area is 123 Å². The molecular weight excluding hydrogens is 272 g/mol. The van der Waals surface area contributed by atoms with Crippen LogP contribution in [0.1, 0.15) is 59.7 Å². The number of hydrogen-bond acceptors (Lipinski definition) is 4. The molecule has 0 spiro atoms. The fraction of sp³-hybridized carbons (Fsp3) is 0.438. The van der Waals surface area contributed by atoms with Gasteiger partial charge >= 0.3 is 11.9 Å². The smallest absolute Gasteiger partial charge is 0.338 e. The zero-order valence-corrected chi connectivity index (χ0v) is 12.1. The molecule has 5 nitrogen and oxygen atoms in total. The molecule has 0 saturated carbocycles. The second-order valence-electron chi connectivity index (χ2n) is 4.80. The molecular formula is C16H20O5. The molecule has 0 aliphatic rings. The summed E-state index contributed by atoms with van der Waals surface area (Å²) < 4.78 is 5.14. The minimum Gasteiger partial charge on any atom is -0.481 e. The van der Waals surface area contributed by atoms with Crippen molar-refractivity contribution in [3.8, 4) is 0 Å². The normalized spacial score (nSPS) is 10.1. The zero-order valence-electron chi connectivity index (χ0n) is 12.1. The van der Waals surface area contributed by atoms with E-state index in [1.54, 1.807) is 24.3 Å². The van der Waals surface area contributed by atoms with Gasteiger partial charge in [0.15, 0.2) is 5.78 Å². The van der Waals surface area contributed by atoms with E-state index in [2.05, 4.69) is 0 Å². The van der Waals surface area contributed by atoms with Crippen molar-refractivity contribution in [3.63, 3.8) is 0 Å². The van der Waals surface area contributed by atoms with Crippen LogP contribution in [-0.2, 0) is 9.53 Å². The Bertz CT molecular complexity index is 507. The van der Waals surface area contributed by atoms with E-state index in [1.807, 2.05) is 0 Å². The highest BCUT2D eigenvalue weighted by Gasteiger charge is 2.14. The van der Waals surface area contributed by atoms with Gasteiger partial charge in [0.1, 0.15) is 0 Å². The molecule has 0 unspecified atom stereocenters. The second kappa shape index (κ2) is 8.89. The predicted molar refractivity (Wildman–Crippen MR) is 77.4 cm³/mol. The Balaban J connectivity index is 2.31. The van der Waals surface area contributed by atoms with Gasteiger partial charge in [-0.25, -0.2) is 4.79 Å². The third kappa shape index (κ3) is 6.21. The largest absolute Gasteiger partial charge is 0.481 e. The molecule has 0 fully saturated rings. The van der Waals surface area contributed by atoms with Gasteiger partial charge in [-0.05, 0) is 25.8 Å². The van der Waals surface area contributed by atoms with Crippen molar-refractivity contribution in [1.82, 2.24) is 0 Å². The van der Waals surface area contributed by atoms with Crippen molar-refractivity contribution in [2.75, 3.05) is 6.61 Å². The second-order valence-corrected chi connectivity index (χ2v) is 4.80. The van der Waals surface area contributed by atoms with E-state index in [1.165, 1.54) is 6.92 Å². The first-order valence-corrected chi connectivity index (χ1v) is 7.01. The van der Waals surface area contributed by atoms with Crippen molar-refractivity contribution in [2.24, 2.45) is 0 Å². The van der Waals surface area contributed by atoms with Crippen molar-refractivity contribution in [1.29, 1.82) is 0 Å². The molecule has 0 aliphatic heterocycles. The topological polar surface area (TPSA) is 80.7 Å². The highest BCUT2D eigenvalue weighted by molar-refractivity contribution is 6.05. The van der Waals surface area contributed by atoms with Gasteiger partial charge in [0, 0.05) is 12.0 Å². The molecule has 0 aliphatic carbocycles. The number of benzene rings is 1. The third-order valence-electron chi connectivity index (χ3n) is 3.04. The molecule has 0 bridgehead atoms. The number of hydrogen-bond donors (Lipinski definition) is 1. The van der Waals surface area contributed by atoms with E-state index in [9.17, 15) is 14.4 Å². The first kappa shape index (κ1) is 16.9. The van der Waals surface area contributed by atoms with Crippen LogP contribution in [0.25, 0.3) is 0 Å². The van der Waals surface area contributed by atoms with E-state index < -0.39 is 11.9 Å². The minimum atomic E-state index is -0.790. The lowest BCUT2D eigenvalue weighted by Crippen LogP contribution is -2.11. The van der Waals surface area contributed by atoms with Crippen molar-refractivity contribution in [3.05, 3.63) is 35.4 Å².